The summed E-state index contributed by atoms with van der Waals surface area (Å²) >= 11 is 0. The van der Waals surface area contributed by atoms with Crippen molar-refractivity contribution in [1.82, 2.24) is 9.88 Å². The Bertz CT molecular complexity index is 420. The third kappa shape index (κ3) is 4.33. The van der Waals surface area contributed by atoms with Crippen LogP contribution in [0.1, 0.15) is 30.6 Å². The number of carbonyl (C=O) groups excluding carboxylic acids is 1. The molecule has 0 aliphatic rings. The summed E-state index contributed by atoms with van der Waals surface area (Å²) in [5.41, 5.74) is 5.78. The molecule has 0 saturated carbocycles. The van der Waals surface area contributed by atoms with Crippen molar-refractivity contribution in [1.29, 1.82) is 0 Å². The summed E-state index contributed by atoms with van der Waals surface area (Å²) in [6.45, 7) is 6.03. The van der Waals surface area contributed by atoms with Gasteiger partial charge in [0.15, 0.2) is 0 Å². The Kier molecular flexibility index (Phi) is 5.58. The fourth-order valence-corrected chi connectivity index (χ4v) is 1.72. The highest BCUT2D eigenvalue weighted by Gasteiger charge is 2.16. The van der Waals surface area contributed by atoms with E-state index >= 15 is 0 Å². The topological polar surface area (TPSA) is 79.2 Å². The monoisotopic (exact) mass is 251 g/mol. The molecule has 100 valence electrons. The maximum absolute atomic E-state index is 12.3. The number of hydrogen-bond donors (Lipinski definition) is 2. The van der Waals surface area contributed by atoms with E-state index in [1.54, 1.807) is 11.0 Å². The molecule has 1 amide bonds. The number of nitrogens with zero attached hydrogens (tertiary/aromatic N) is 1. The Hall–Kier alpha value is -1.62. The second kappa shape index (κ2) is 6.96. The lowest BCUT2D eigenvalue weighted by Crippen LogP contribution is -2.36. The number of H-pyrrole nitrogens is 1. The maximum atomic E-state index is 12.3. The molecular formula is C13H21N3O2. The molecule has 1 rings (SSSR count). The first kappa shape index (κ1) is 14.4. The van der Waals surface area contributed by atoms with E-state index in [1.807, 2.05) is 0 Å². The molecule has 0 aliphatic heterocycles. The second-order valence-corrected chi connectivity index (χ2v) is 4.73. The van der Waals surface area contributed by atoms with Gasteiger partial charge in [-0.25, -0.2) is 0 Å². The molecule has 0 spiro atoms. The Balaban J connectivity index is 2.80. The number of rotatable bonds is 6. The van der Waals surface area contributed by atoms with Crippen LogP contribution in [0.4, 0.5) is 0 Å². The molecule has 0 unspecified atom stereocenters. The highest BCUT2D eigenvalue weighted by atomic mass is 16.2. The fourth-order valence-electron chi connectivity index (χ4n) is 1.72. The van der Waals surface area contributed by atoms with Gasteiger partial charge >= 0.3 is 0 Å². The summed E-state index contributed by atoms with van der Waals surface area (Å²) in [6, 6.07) is 2.92. The van der Waals surface area contributed by atoms with E-state index in [2.05, 4.69) is 18.8 Å². The van der Waals surface area contributed by atoms with Crippen LogP contribution in [0.5, 0.6) is 0 Å². The first-order chi connectivity index (χ1) is 8.54. The van der Waals surface area contributed by atoms with E-state index in [0.29, 0.717) is 31.1 Å². The number of pyridine rings is 1. The number of carbonyl (C=O) groups is 1. The van der Waals surface area contributed by atoms with Crippen molar-refractivity contribution in [2.24, 2.45) is 11.7 Å². The Morgan fingerprint density at radius 1 is 1.44 bits per heavy atom. The summed E-state index contributed by atoms with van der Waals surface area (Å²) in [5.74, 6) is 0.336. The Labute approximate surface area is 107 Å². The van der Waals surface area contributed by atoms with Crippen LogP contribution >= 0.6 is 0 Å². The van der Waals surface area contributed by atoms with Crippen molar-refractivity contribution in [3.8, 4) is 0 Å². The first-order valence-corrected chi connectivity index (χ1v) is 6.22. The van der Waals surface area contributed by atoms with Crippen molar-refractivity contribution in [2.45, 2.75) is 20.3 Å². The molecule has 0 saturated heterocycles. The van der Waals surface area contributed by atoms with Crippen LogP contribution in [-0.2, 0) is 0 Å². The molecular weight excluding hydrogens is 230 g/mol. The van der Waals surface area contributed by atoms with Gasteiger partial charge in [-0.2, -0.15) is 0 Å². The zero-order chi connectivity index (χ0) is 13.5. The number of aromatic nitrogens is 1. The molecule has 5 heteroatoms. The Morgan fingerprint density at radius 3 is 2.67 bits per heavy atom. The summed E-state index contributed by atoms with van der Waals surface area (Å²) in [6.07, 6.45) is 2.24. The van der Waals surface area contributed by atoms with Gasteiger partial charge in [0.1, 0.15) is 0 Å². The van der Waals surface area contributed by atoms with Crippen LogP contribution in [0, 0.1) is 5.92 Å². The molecule has 0 radical (unpaired) electrons. The van der Waals surface area contributed by atoms with Crippen LogP contribution in [-0.4, -0.2) is 35.4 Å². The Morgan fingerprint density at radius 2 is 2.17 bits per heavy atom. The summed E-state index contributed by atoms with van der Waals surface area (Å²) < 4.78 is 0. The SMILES string of the molecule is CC(C)CN(CCCN)C(=O)c1ccc(=O)[nH]c1. The minimum Gasteiger partial charge on any atom is -0.338 e. The standard InChI is InChI=1S/C13H21N3O2/c1-10(2)9-16(7-3-6-14)13(18)11-4-5-12(17)15-8-11/h4-5,8,10H,3,6-7,9,14H2,1-2H3,(H,15,17). The fraction of sp³-hybridized carbons (Fsp3) is 0.538. The van der Waals surface area contributed by atoms with Gasteiger partial charge in [0.05, 0.1) is 5.56 Å². The minimum atomic E-state index is -0.205. The average Bonchev–Trinajstić information content (AvgIpc) is 2.34. The first-order valence-electron chi connectivity index (χ1n) is 6.22. The maximum Gasteiger partial charge on any atom is 0.255 e. The van der Waals surface area contributed by atoms with Gasteiger partial charge in [-0.3, -0.25) is 9.59 Å². The zero-order valence-corrected chi connectivity index (χ0v) is 11.0. The van der Waals surface area contributed by atoms with Crippen molar-refractivity contribution < 1.29 is 4.79 Å². The third-order valence-electron chi connectivity index (χ3n) is 2.54. The van der Waals surface area contributed by atoms with Gasteiger partial charge in [0.25, 0.3) is 5.91 Å². The van der Waals surface area contributed by atoms with Crippen LogP contribution in [0.25, 0.3) is 0 Å². The van der Waals surface area contributed by atoms with Gasteiger partial charge in [-0.1, -0.05) is 13.8 Å². The van der Waals surface area contributed by atoms with Crippen molar-refractivity contribution in [3.05, 3.63) is 34.2 Å². The number of hydrogen-bond acceptors (Lipinski definition) is 3. The van der Waals surface area contributed by atoms with Crippen LogP contribution < -0.4 is 11.3 Å². The molecule has 0 aromatic carbocycles. The third-order valence-corrected chi connectivity index (χ3v) is 2.54. The molecule has 3 N–H and O–H groups in total. The lowest BCUT2D eigenvalue weighted by atomic mass is 10.1. The summed E-state index contributed by atoms with van der Waals surface area (Å²) in [5, 5.41) is 0. The van der Waals surface area contributed by atoms with Gasteiger partial charge in [-0.15, -0.1) is 0 Å². The largest absolute Gasteiger partial charge is 0.338 e. The van der Waals surface area contributed by atoms with Crippen LogP contribution in [0.15, 0.2) is 23.1 Å². The van der Waals surface area contributed by atoms with Gasteiger partial charge in [0, 0.05) is 25.4 Å². The van der Waals surface area contributed by atoms with E-state index in [4.69, 9.17) is 5.73 Å². The normalized spacial score (nSPS) is 10.7. The van der Waals surface area contributed by atoms with E-state index in [1.165, 1.54) is 12.3 Å². The number of aromatic amines is 1. The minimum absolute atomic E-state index is 0.0617. The average molecular weight is 251 g/mol. The van der Waals surface area contributed by atoms with Gasteiger partial charge in [0.2, 0.25) is 5.56 Å². The lowest BCUT2D eigenvalue weighted by Gasteiger charge is -2.24. The molecule has 0 aliphatic carbocycles. The molecule has 1 heterocycles. The number of amides is 1. The van der Waals surface area contributed by atoms with Gasteiger partial charge < -0.3 is 15.6 Å². The predicted octanol–water partition coefficient (Wildman–Crippen LogP) is 0.822. The van der Waals surface area contributed by atoms with E-state index in [-0.39, 0.29) is 11.5 Å². The molecule has 5 nitrogen and oxygen atoms in total. The van der Waals surface area contributed by atoms with Crippen LogP contribution in [0.3, 0.4) is 0 Å². The molecule has 0 bridgehead atoms. The van der Waals surface area contributed by atoms with Crippen molar-refractivity contribution in [3.63, 3.8) is 0 Å². The molecule has 1 aromatic rings. The lowest BCUT2D eigenvalue weighted by molar-refractivity contribution is 0.0734. The highest BCUT2D eigenvalue weighted by molar-refractivity contribution is 5.93. The van der Waals surface area contributed by atoms with E-state index < -0.39 is 0 Å². The predicted molar refractivity (Wildman–Crippen MR) is 71.5 cm³/mol. The van der Waals surface area contributed by atoms with Crippen LogP contribution in [0.2, 0.25) is 0 Å². The zero-order valence-electron chi connectivity index (χ0n) is 11.0. The molecule has 0 fully saturated rings. The summed E-state index contributed by atoms with van der Waals surface area (Å²) in [4.78, 5) is 27.5. The quantitative estimate of drug-likeness (QED) is 0.785. The van der Waals surface area contributed by atoms with E-state index in [0.717, 1.165) is 6.42 Å². The number of nitrogens with two attached hydrogens (primary N) is 1. The van der Waals surface area contributed by atoms with Crippen molar-refractivity contribution in [2.75, 3.05) is 19.6 Å². The number of nitrogens with one attached hydrogen (secondary N) is 1. The molecule has 0 atom stereocenters. The van der Waals surface area contributed by atoms with E-state index in [9.17, 15) is 9.59 Å². The molecule has 18 heavy (non-hydrogen) atoms. The second-order valence-electron chi connectivity index (χ2n) is 4.73. The highest BCUT2D eigenvalue weighted by Crippen LogP contribution is 2.06. The van der Waals surface area contributed by atoms with Crippen molar-refractivity contribution >= 4 is 5.91 Å². The van der Waals surface area contributed by atoms with Gasteiger partial charge in [-0.05, 0) is 24.9 Å². The smallest absolute Gasteiger partial charge is 0.255 e. The summed E-state index contributed by atoms with van der Waals surface area (Å²) in [7, 11) is 0. The molecule has 1 aromatic heterocycles.